The summed E-state index contributed by atoms with van der Waals surface area (Å²) in [4.78, 5) is 0. The molecule has 3 heteroatoms. The number of halogens is 1. The number of pyridine rings is 1. The number of aromatic nitrogens is 1. The van der Waals surface area contributed by atoms with Crippen molar-refractivity contribution >= 4 is 0 Å². The Hall–Kier alpha value is -2.21. The first-order chi connectivity index (χ1) is 10.6. The Bertz CT molecular complexity index is 755. The molecule has 0 aliphatic carbocycles. The van der Waals surface area contributed by atoms with Crippen molar-refractivity contribution in [3.8, 4) is 17.3 Å². The van der Waals surface area contributed by atoms with Crippen LogP contribution in [0.3, 0.4) is 0 Å². The van der Waals surface area contributed by atoms with Crippen LogP contribution in [0.15, 0.2) is 36.5 Å². The molecule has 3 rings (SSSR count). The minimum absolute atomic E-state index is 0.0316. The lowest BCUT2D eigenvalue weighted by Crippen LogP contribution is -2.36. The number of rotatable bonds is 2. The monoisotopic (exact) mass is 295 g/mol. The number of aryl methyl sites for hydroxylation is 1. The highest BCUT2D eigenvalue weighted by Crippen LogP contribution is 2.42. The second kappa shape index (κ2) is 5.53. The van der Waals surface area contributed by atoms with Crippen LogP contribution in [-0.4, -0.2) is 0 Å². The smallest absolute Gasteiger partial charge is 0.206 e. The zero-order valence-electron chi connectivity index (χ0n) is 13.1. The van der Waals surface area contributed by atoms with E-state index in [0.717, 1.165) is 42.6 Å². The minimum atomic E-state index is -0.406. The number of nitrogens with zero attached hydrogens (tertiary/aromatic N) is 2. The van der Waals surface area contributed by atoms with Gasteiger partial charge in [0.2, 0.25) is 5.69 Å². The van der Waals surface area contributed by atoms with E-state index in [4.69, 9.17) is 0 Å². The van der Waals surface area contributed by atoms with Crippen molar-refractivity contribution in [1.29, 1.82) is 5.26 Å². The average Bonchev–Trinajstić information content (AvgIpc) is 2.69. The van der Waals surface area contributed by atoms with Crippen LogP contribution in [0.25, 0.3) is 11.3 Å². The molecule has 2 nitrogen and oxygen atoms in total. The van der Waals surface area contributed by atoms with Crippen LogP contribution in [0, 0.1) is 17.1 Å². The SMILES string of the molecule is CCC1(CC)CC[n+]2ccccc2-c2cc(C#N)c(F)cc21. The van der Waals surface area contributed by atoms with Gasteiger partial charge in [0.25, 0.3) is 0 Å². The molecule has 1 aromatic carbocycles. The lowest BCUT2D eigenvalue weighted by Gasteiger charge is -2.31. The zero-order chi connectivity index (χ0) is 15.7. The molecule has 0 bridgehead atoms. The van der Waals surface area contributed by atoms with Crippen molar-refractivity contribution in [3.63, 3.8) is 0 Å². The maximum absolute atomic E-state index is 14.3. The molecule has 1 aliphatic rings. The van der Waals surface area contributed by atoms with Gasteiger partial charge in [-0.2, -0.15) is 9.83 Å². The van der Waals surface area contributed by atoms with Crippen LogP contribution < -0.4 is 4.57 Å². The van der Waals surface area contributed by atoms with E-state index in [0.29, 0.717) is 0 Å². The topological polar surface area (TPSA) is 27.7 Å². The fourth-order valence-electron chi connectivity index (χ4n) is 3.68. The predicted molar refractivity (Wildman–Crippen MR) is 83.6 cm³/mol. The third-order valence-corrected chi connectivity index (χ3v) is 5.20. The minimum Gasteiger partial charge on any atom is -0.206 e. The van der Waals surface area contributed by atoms with E-state index in [1.54, 1.807) is 12.1 Å². The van der Waals surface area contributed by atoms with E-state index in [-0.39, 0.29) is 11.0 Å². The summed E-state index contributed by atoms with van der Waals surface area (Å²) >= 11 is 0. The van der Waals surface area contributed by atoms with E-state index < -0.39 is 5.82 Å². The molecule has 2 heterocycles. The highest BCUT2D eigenvalue weighted by Gasteiger charge is 2.37. The van der Waals surface area contributed by atoms with Crippen LogP contribution >= 0.6 is 0 Å². The first-order valence-corrected chi connectivity index (χ1v) is 7.88. The van der Waals surface area contributed by atoms with Gasteiger partial charge < -0.3 is 0 Å². The van der Waals surface area contributed by atoms with Crippen molar-refractivity contribution < 1.29 is 8.96 Å². The summed E-state index contributed by atoms with van der Waals surface area (Å²) in [7, 11) is 0. The van der Waals surface area contributed by atoms with E-state index in [2.05, 4.69) is 30.7 Å². The maximum atomic E-state index is 14.3. The molecule has 0 saturated carbocycles. The standard InChI is InChI=1S/C19H20FN2/c1-3-19(4-2)8-10-22-9-6-5-7-18(22)15-11-14(13-21)17(20)12-16(15)19/h5-7,9,11-12H,3-4,8,10H2,1-2H3/q+1. The second-order valence-electron chi connectivity index (χ2n) is 6.01. The third-order valence-electron chi connectivity index (χ3n) is 5.20. The van der Waals surface area contributed by atoms with Gasteiger partial charge in [-0.05, 0) is 36.6 Å². The largest absolute Gasteiger partial charge is 0.212 e. The van der Waals surface area contributed by atoms with Crippen molar-refractivity contribution in [2.24, 2.45) is 0 Å². The third kappa shape index (κ3) is 2.11. The van der Waals surface area contributed by atoms with Gasteiger partial charge in [-0.3, -0.25) is 0 Å². The van der Waals surface area contributed by atoms with Crippen molar-refractivity contribution in [2.45, 2.75) is 45.1 Å². The number of hydrogen-bond donors (Lipinski definition) is 0. The van der Waals surface area contributed by atoms with Gasteiger partial charge in [0.1, 0.15) is 18.4 Å². The van der Waals surface area contributed by atoms with Gasteiger partial charge in [-0.25, -0.2) is 4.39 Å². The molecule has 1 aliphatic heterocycles. The van der Waals surface area contributed by atoms with Crippen LogP contribution in [0.5, 0.6) is 0 Å². The van der Waals surface area contributed by atoms with Crippen LogP contribution in [0.1, 0.15) is 44.2 Å². The molecule has 0 atom stereocenters. The normalized spacial score (nSPS) is 15.4. The molecule has 2 aromatic rings. The first kappa shape index (κ1) is 14.7. The molecular formula is C19H20FN2+. The van der Waals surface area contributed by atoms with Gasteiger partial charge >= 0.3 is 0 Å². The molecule has 0 fully saturated rings. The molecule has 1 aromatic heterocycles. The Kier molecular flexibility index (Phi) is 3.70. The number of nitriles is 1. The fourth-order valence-corrected chi connectivity index (χ4v) is 3.68. The summed E-state index contributed by atoms with van der Waals surface area (Å²) < 4.78 is 16.5. The quantitative estimate of drug-likeness (QED) is 0.766. The van der Waals surface area contributed by atoms with E-state index in [9.17, 15) is 9.65 Å². The van der Waals surface area contributed by atoms with Gasteiger partial charge in [-0.15, -0.1) is 0 Å². The summed E-state index contributed by atoms with van der Waals surface area (Å²) in [6.07, 6.45) is 4.99. The van der Waals surface area contributed by atoms with Gasteiger partial charge in [0.15, 0.2) is 6.20 Å². The van der Waals surface area contributed by atoms with Crippen LogP contribution in [-0.2, 0) is 12.0 Å². The summed E-state index contributed by atoms with van der Waals surface area (Å²) in [6, 6.07) is 11.4. The molecule has 0 radical (unpaired) electrons. The Balaban J connectivity index is 2.37. The molecule has 112 valence electrons. The molecule has 0 N–H and O–H groups in total. The van der Waals surface area contributed by atoms with Gasteiger partial charge in [-0.1, -0.05) is 13.8 Å². The lowest BCUT2D eigenvalue weighted by molar-refractivity contribution is -0.687. The Morgan fingerprint density at radius 3 is 2.73 bits per heavy atom. The summed E-state index contributed by atoms with van der Waals surface area (Å²) in [5.41, 5.74) is 3.21. The number of hydrogen-bond acceptors (Lipinski definition) is 1. The summed E-state index contributed by atoms with van der Waals surface area (Å²) in [6.45, 7) is 5.25. The van der Waals surface area contributed by atoms with Gasteiger partial charge in [0.05, 0.1) is 11.1 Å². The lowest BCUT2D eigenvalue weighted by atomic mass is 9.71. The molecule has 0 spiro atoms. The van der Waals surface area contributed by atoms with Crippen LogP contribution in [0.4, 0.5) is 4.39 Å². The molecule has 0 amide bonds. The van der Waals surface area contributed by atoms with E-state index in [1.165, 1.54) is 0 Å². The van der Waals surface area contributed by atoms with Crippen LogP contribution in [0.2, 0.25) is 0 Å². The Labute approximate surface area is 130 Å². The van der Waals surface area contributed by atoms with Gasteiger partial charge in [0, 0.05) is 24.0 Å². The van der Waals surface area contributed by atoms with Crippen molar-refractivity contribution in [1.82, 2.24) is 0 Å². The van der Waals surface area contributed by atoms with Crippen molar-refractivity contribution in [3.05, 3.63) is 53.5 Å². The number of fused-ring (bicyclic) bond motifs is 3. The van der Waals surface area contributed by atoms with Crippen molar-refractivity contribution in [2.75, 3.05) is 0 Å². The Morgan fingerprint density at radius 2 is 2.05 bits per heavy atom. The molecule has 22 heavy (non-hydrogen) atoms. The van der Waals surface area contributed by atoms with E-state index >= 15 is 0 Å². The highest BCUT2D eigenvalue weighted by atomic mass is 19.1. The fraction of sp³-hybridized carbons (Fsp3) is 0.368. The zero-order valence-corrected chi connectivity index (χ0v) is 13.1. The molecule has 0 unspecified atom stereocenters. The highest BCUT2D eigenvalue weighted by molar-refractivity contribution is 5.66. The molecule has 0 saturated heterocycles. The Morgan fingerprint density at radius 1 is 1.27 bits per heavy atom. The number of benzene rings is 1. The maximum Gasteiger partial charge on any atom is 0.212 e. The predicted octanol–water partition coefficient (Wildman–Crippen LogP) is 4.11. The first-order valence-electron chi connectivity index (χ1n) is 7.88. The molecular weight excluding hydrogens is 275 g/mol. The average molecular weight is 295 g/mol. The second-order valence-corrected chi connectivity index (χ2v) is 6.01. The summed E-state index contributed by atoms with van der Waals surface area (Å²) in [5, 5.41) is 9.19. The summed E-state index contributed by atoms with van der Waals surface area (Å²) in [5.74, 6) is -0.406. The van der Waals surface area contributed by atoms with E-state index in [1.807, 2.05) is 18.2 Å².